The maximum Gasteiger partial charge on any atom is 0.161 e. The van der Waals surface area contributed by atoms with E-state index in [0.29, 0.717) is 17.2 Å². The highest BCUT2D eigenvalue weighted by atomic mass is 35.5. The molecule has 19 heavy (non-hydrogen) atoms. The summed E-state index contributed by atoms with van der Waals surface area (Å²) in [7, 11) is 0. The molecule has 1 rings (SSSR count). The molecule has 3 heteroatoms. The van der Waals surface area contributed by atoms with Gasteiger partial charge in [0.2, 0.25) is 0 Å². The predicted molar refractivity (Wildman–Crippen MR) is 80.3 cm³/mol. The van der Waals surface area contributed by atoms with E-state index in [1.807, 2.05) is 0 Å². The number of carbonyl (C=O) groups excluding carboxylic acids is 1. The number of ketones is 1. The molecule has 0 spiro atoms. The number of Topliss-reactive ketones (excluding diaryl/α,β-unsaturated/α-hetero) is 1. The van der Waals surface area contributed by atoms with Gasteiger partial charge in [-0.25, -0.2) is 0 Å². The normalized spacial score (nSPS) is 10.5. The molecule has 0 radical (unpaired) electrons. The Balaban J connectivity index is 2.26. The molecule has 2 nitrogen and oxygen atoms in total. The Bertz CT molecular complexity index is 402. The first-order chi connectivity index (χ1) is 9.15. The third-order valence-corrected chi connectivity index (χ3v) is 3.40. The van der Waals surface area contributed by atoms with Crippen LogP contribution in [0.5, 0.6) is 5.75 Å². The van der Waals surface area contributed by atoms with Crippen molar-refractivity contribution in [3.63, 3.8) is 0 Å². The van der Waals surface area contributed by atoms with Crippen LogP contribution < -0.4 is 4.74 Å². The van der Waals surface area contributed by atoms with Crippen LogP contribution in [0.15, 0.2) is 18.2 Å². The standard InChI is InChI=1S/C16H23ClO2/c1-3-4-5-6-7-8-11-19-14-9-10-15(13(2)18)16(17)12-14/h9-10,12H,3-8,11H2,1-2H3. The summed E-state index contributed by atoms with van der Waals surface area (Å²) in [4.78, 5) is 11.2. The number of ether oxygens (including phenoxy) is 1. The zero-order chi connectivity index (χ0) is 14.1. The highest BCUT2D eigenvalue weighted by molar-refractivity contribution is 6.34. The number of halogens is 1. The second kappa shape index (κ2) is 8.98. The molecule has 0 bridgehead atoms. The Hall–Kier alpha value is -1.02. The number of benzene rings is 1. The van der Waals surface area contributed by atoms with Gasteiger partial charge in [0.25, 0.3) is 0 Å². The van der Waals surface area contributed by atoms with E-state index in [1.54, 1.807) is 18.2 Å². The number of hydrogen-bond donors (Lipinski definition) is 0. The molecule has 0 heterocycles. The van der Waals surface area contributed by atoms with Crippen LogP contribution in [0.1, 0.15) is 62.7 Å². The third-order valence-electron chi connectivity index (χ3n) is 3.09. The molecule has 1 aromatic carbocycles. The van der Waals surface area contributed by atoms with Crippen LogP contribution in [0.25, 0.3) is 0 Å². The van der Waals surface area contributed by atoms with Crippen molar-refractivity contribution in [1.29, 1.82) is 0 Å². The van der Waals surface area contributed by atoms with Crippen molar-refractivity contribution in [3.05, 3.63) is 28.8 Å². The van der Waals surface area contributed by atoms with Gasteiger partial charge in [-0.1, -0.05) is 50.6 Å². The van der Waals surface area contributed by atoms with Crippen molar-refractivity contribution in [1.82, 2.24) is 0 Å². The molecular formula is C16H23ClO2. The van der Waals surface area contributed by atoms with E-state index in [4.69, 9.17) is 16.3 Å². The summed E-state index contributed by atoms with van der Waals surface area (Å²) in [5, 5.41) is 0.466. The number of rotatable bonds is 9. The maximum absolute atomic E-state index is 11.2. The molecular weight excluding hydrogens is 260 g/mol. The molecule has 0 unspecified atom stereocenters. The van der Waals surface area contributed by atoms with Gasteiger partial charge >= 0.3 is 0 Å². The van der Waals surface area contributed by atoms with Crippen LogP contribution in [0.4, 0.5) is 0 Å². The molecule has 0 aliphatic heterocycles. The van der Waals surface area contributed by atoms with E-state index in [2.05, 4.69) is 6.92 Å². The van der Waals surface area contributed by atoms with Crippen LogP contribution in [0, 0.1) is 0 Å². The molecule has 0 saturated heterocycles. The van der Waals surface area contributed by atoms with Crippen LogP contribution >= 0.6 is 11.6 Å². The van der Waals surface area contributed by atoms with Gasteiger partial charge in [-0.05, 0) is 31.5 Å². The molecule has 0 N–H and O–H groups in total. The van der Waals surface area contributed by atoms with Crippen molar-refractivity contribution in [2.24, 2.45) is 0 Å². The summed E-state index contributed by atoms with van der Waals surface area (Å²) in [5.41, 5.74) is 0.550. The van der Waals surface area contributed by atoms with Crippen molar-refractivity contribution in [2.75, 3.05) is 6.61 Å². The second-order valence-corrected chi connectivity index (χ2v) is 5.22. The van der Waals surface area contributed by atoms with Gasteiger partial charge in [-0.2, -0.15) is 0 Å². The summed E-state index contributed by atoms with van der Waals surface area (Å²) in [6, 6.07) is 5.25. The Morgan fingerprint density at radius 1 is 1.16 bits per heavy atom. The Labute approximate surface area is 121 Å². The Morgan fingerprint density at radius 2 is 1.84 bits per heavy atom. The first-order valence-electron chi connectivity index (χ1n) is 7.08. The SMILES string of the molecule is CCCCCCCCOc1ccc(C(C)=O)c(Cl)c1. The van der Waals surface area contributed by atoms with Crippen LogP contribution in [-0.4, -0.2) is 12.4 Å². The topological polar surface area (TPSA) is 26.3 Å². The minimum absolute atomic E-state index is 0.0209. The zero-order valence-electron chi connectivity index (χ0n) is 11.9. The molecule has 0 amide bonds. The minimum Gasteiger partial charge on any atom is -0.494 e. The van der Waals surface area contributed by atoms with Gasteiger partial charge in [0.1, 0.15) is 5.75 Å². The van der Waals surface area contributed by atoms with Crippen molar-refractivity contribution >= 4 is 17.4 Å². The predicted octanol–water partition coefficient (Wildman–Crippen LogP) is 5.28. The molecule has 0 fully saturated rings. The molecule has 0 atom stereocenters. The van der Waals surface area contributed by atoms with E-state index in [9.17, 15) is 4.79 Å². The lowest BCUT2D eigenvalue weighted by Crippen LogP contribution is -1.99. The van der Waals surface area contributed by atoms with Crippen LogP contribution in [0.2, 0.25) is 5.02 Å². The third kappa shape index (κ3) is 6.11. The lowest BCUT2D eigenvalue weighted by Gasteiger charge is -2.08. The average Bonchev–Trinajstić information content (AvgIpc) is 2.37. The van der Waals surface area contributed by atoms with Gasteiger partial charge in [-0.3, -0.25) is 4.79 Å². The number of hydrogen-bond acceptors (Lipinski definition) is 2. The molecule has 106 valence electrons. The van der Waals surface area contributed by atoms with Gasteiger partial charge in [-0.15, -0.1) is 0 Å². The fourth-order valence-electron chi connectivity index (χ4n) is 1.94. The highest BCUT2D eigenvalue weighted by Gasteiger charge is 2.06. The largest absolute Gasteiger partial charge is 0.494 e. The highest BCUT2D eigenvalue weighted by Crippen LogP contribution is 2.23. The Morgan fingerprint density at radius 3 is 2.47 bits per heavy atom. The minimum atomic E-state index is -0.0209. The van der Waals surface area contributed by atoms with Gasteiger partial charge in [0.15, 0.2) is 5.78 Å². The molecule has 0 aliphatic rings. The van der Waals surface area contributed by atoms with E-state index in [0.717, 1.165) is 12.2 Å². The average molecular weight is 283 g/mol. The smallest absolute Gasteiger partial charge is 0.161 e. The lowest BCUT2D eigenvalue weighted by atomic mass is 10.1. The number of carbonyl (C=O) groups is 1. The number of unbranched alkanes of at least 4 members (excludes halogenated alkanes) is 5. The molecule has 1 aromatic rings. The van der Waals surface area contributed by atoms with E-state index in [-0.39, 0.29) is 5.78 Å². The Kier molecular flexibility index (Phi) is 7.57. The first-order valence-corrected chi connectivity index (χ1v) is 7.46. The van der Waals surface area contributed by atoms with Crippen molar-refractivity contribution in [3.8, 4) is 5.75 Å². The van der Waals surface area contributed by atoms with Crippen molar-refractivity contribution in [2.45, 2.75) is 52.4 Å². The first kappa shape index (κ1) is 16.0. The second-order valence-electron chi connectivity index (χ2n) is 4.81. The van der Waals surface area contributed by atoms with E-state index in [1.165, 1.54) is 39.0 Å². The summed E-state index contributed by atoms with van der Waals surface area (Å²) in [6.07, 6.45) is 7.46. The maximum atomic E-state index is 11.2. The monoisotopic (exact) mass is 282 g/mol. The summed E-state index contributed by atoms with van der Waals surface area (Å²) in [5.74, 6) is 0.719. The van der Waals surface area contributed by atoms with Crippen molar-refractivity contribution < 1.29 is 9.53 Å². The summed E-state index contributed by atoms with van der Waals surface area (Å²) < 4.78 is 5.63. The van der Waals surface area contributed by atoms with Gasteiger partial charge < -0.3 is 4.74 Å². The van der Waals surface area contributed by atoms with E-state index < -0.39 is 0 Å². The lowest BCUT2D eigenvalue weighted by molar-refractivity contribution is 0.101. The van der Waals surface area contributed by atoms with Gasteiger partial charge in [0.05, 0.1) is 11.6 Å². The molecule has 0 aliphatic carbocycles. The zero-order valence-corrected chi connectivity index (χ0v) is 12.6. The molecule has 0 saturated carbocycles. The fourth-order valence-corrected chi connectivity index (χ4v) is 2.25. The quantitative estimate of drug-likeness (QED) is 0.455. The van der Waals surface area contributed by atoms with Crippen LogP contribution in [-0.2, 0) is 0 Å². The molecule has 0 aromatic heterocycles. The summed E-state index contributed by atoms with van der Waals surface area (Å²) in [6.45, 7) is 4.44. The fraction of sp³-hybridized carbons (Fsp3) is 0.562. The van der Waals surface area contributed by atoms with Gasteiger partial charge in [0, 0.05) is 5.56 Å². The van der Waals surface area contributed by atoms with E-state index >= 15 is 0 Å². The summed E-state index contributed by atoms with van der Waals surface area (Å²) >= 11 is 6.02. The van der Waals surface area contributed by atoms with Crippen LogP contribution in [0.3, 0.4) is 0 Å².